The summed E-state index contributed by atoms with van der Waals surface area (Å²) in [4.78, 5) is 11.8. The summed E-state index contributed by atoms with van der Waals surface area (Å²) in [5.74, 6) is -0.425. The number of carbonyl (C=O) groups is 1. The standard InChI is InChI=1S/C24H23F3O2/c1-3-22(28)19-11-12-23(21(14-19)24(25,26)27)29-15-20-10-9-18(13-16(20)2)17-7-5-4-6-8-17/h4-12,14,16H,3,13,15H2,1-2H3. The molecule has 0 spiro atoms. The maximum atomic E-state index is 13.5. The van der Waals surface area contributed by atoms with Gasteiger partial charge in [0.1, 0.15) is 12.4 Å². The van der Waals surface area contributed by atoms with E-state index in [-0.39, 0.29) is 36.0 Å². The van der Waals surface area contributed by atoms with E-state index in [2.05, 4.69) is 0 Å². The van der Waals surface area contributed by atoms with Gasteiger partial charge in [0.15, 0.2) is 5.78 Å². The summed E-state index contributed by atoms with van der Waals surface area (Å²) >= 11 is 0. The number of carbonyl (C=O) groups excluding carboxylic acids is 1. The Balaban J connectivity index is 1.80. The van der Waals surface area contributed by atoms with Crippen LogP contribution < -0.4 is 4.74 Å². The summed E-state index contributed by atoms with van der Waals surface area (Å²) in [7, 11) is 0. The quantitative estimate of drug-likeness (QED) is 0.503. The predicted octanol–water partition coefficient (Wildman–Crippen LogP) is 6.73. The number of Topliss-reactive ketones (excluding diaryl/α,β-unsaturated/α-hetero) is 1. The molecule has 2 aromatic rings. The number of hydrogen-bond acceptors (Lipinski definition) is 2. The van der Waals surface area contributed by atoms with E-state index < -0.39 is 11.7 Å². The first-order chi connectivity index (χ1) is 13.8. The second kappa shape index (κ2) is 8.68. The molecule has 29 heavy (non-hydrogen) atoms. The molecule has 1 aliphatic rings. The van der Waals surface area contributed by atoms with Crippen LogP contribution in [-0.2, 0) is 6.18 Å². The van der Waals surface area contributed by atoms with Crippen molar-refractivity contribution in [3.8, 4) is 5.75 Å². The Morgan fingerprint density at radius 1 is 1.10 bits per heavy atom. The van der Waals surface area contributed by atoms with Gasteiger partial charge in [-0.2, -0.15) is 13.2 Å². The minimum absolute atomic E-state index is 0.0489. The molecule has 1 aliphatic carbocycles. The lowest BCUT2D eigenvalue weighted by molar-refractivity contribution is -0.138. The van der Waals surface area contributed by atoms with Gasteiger partial charge < -0.3 is 4.74 Å². The van der Waals surface area contributed by atoms with Crippen LogP contribution >= 0.6 is 0 Å². The summed E-state index contributed by atoms with van der Waals surface area (Å²) in [6.45, 7) is 3.73. The molecule has 5 heteroatoms. The van der Waals surface area contributed by atoms with Gasteiger partial charge in [-0.05, 0) is 47.2 Å². The number of allylic oxidation sites excluding steroid dienone is 3. The van der Waals surface area contributed by atoms with Crippen LogP contribution in [0.5, 0.6) is 5.75 Å². The zero-order chi connectivity index (χ0) is 21.0. The van der Waals surface area contributed by atoms with Crippen molar-refractivity contribution in [3.05, 3.63) is 82.9 Å². The molecule has 0 N–H and O–H groups in total. The Kier molecular flexibility index (Phi) is 6.26. The van der Waals surface area contributed by atoms with E-state index >= 15 is 0 Å². The molecular formula is C24H23F3O2. The highest BCUT2D eigenvalue weighted by Crippen LogP contribution is 2.38. The van der Waals surface area contributed by atoms with Gasteiger partial charge in [-0.25, -0.2) is 0 Å². The summed E-state index contributed by atoms with van der Waals surface area (Å²) in [6.07, 6.45) is 0.292. The van der Waals surface area contributed by atoms with Crippen LogP contribution in [0.3, 0.4) is 0 Å². The first kappa shape index (κ1) is 20.9. The van der Waals surface area contributed by atoms with Gasteiger partial charge in [-0.1, -0.05) is 56.3 Å². The van der Waals surface area contributed by atoms with Crippen molar-refractivity contribution in [2.24, 2.45) is 5.92 Å². The first-order valence-corrected chi connectivity index (χ1v) is 9.62. The van der Waals surface area contributed by atoms with Crippen molar-refractivity contribution in [2.45, 2.75) is 32.9 Å². The van der Waals surface area contributed by atoms with Crippen LogP contribution in [0.15, 0.2) is 66.3 Å². The van der Waals surface area contributed by atoms with Gasteiger partial charge in [-0.3, -0.25) is 4.79 Å². The van der Waals surface area contributed by atoms with Crippen molar-refractivity contribution in [3.63, 3.8) is 0 Å². The van der Waals surface area contributed by atoms with Gasteiger partial charge in [0, 0.05) is 12.0 Å². The van der Waals surface area contributed by atoms with Crippen LogP contribution in [0, 0.1) is 5.92 Å². The topological polar surface area (TPSA) is 26.3 Å². The number of benzene rings is 2. The highest BCUT2D eigenvalue weighted by Gasteiger charge is 2.35. The van der Waals surface area contributed by atoms with E-state index in [0.717, 1.165) is 23.6 Å². The van der Waals surface area contributed by atoms with Gasteiger partial charge in [0.25, 0.3) is 0 Å². The third-order valence-corrected chi connectivity index (χ3v) is 5.12. The molecule has 2 nitrogen and oxygen atoms in total. The molecule has 152 valence electrons. The zero-order valence-electron chi connectivity index (χ0n) is 16.4. The van der Waals surface area contributed by atoms with E-state index in [9.17, 15) is 18.0 Å². The molecule has 0 saturated heterocycles. The van der Waals surface area contributed by atoms with Crippen LogP contribution in [0.1, 0.15) is 48.2 Å². The minimum Gasteiger partial charge on any atom is -0.489 e. The van der Waals surface area contributed by atoms with E-state index in [1.807, 2.05) is 49.4 Å². The molecule has 3 rings (SSSR count). The third-order valence-electron chi connectivity index (χ3n) is 5.12. The molecule has 1 atom stereocenters. The molecule has 1 unspecified atom stereocenters. The Hall–Kier alpha value is -2.82. The molecule has 2 aromatic carbocycles. The van der Waals surface area contributed by atoms with Crippen LogP contribution in [0.2, 0.25) is 0 Å². The Morgan fingerprint density at radius 3 is 2.45 bits per heavy atom. The Bertz CT molecular complexity index is 940. The predicted molar refractivity (Wildman–Crippen MR) is 108 cm³/mol. The Morgan fingerprint density at radius 2 is 1.83 bits per heavy atom. The number of halogens is 3. The zero-order valence-corrected chi connectivity index (χ0v) is 16.4. The van der Waals surface area contributed by atoms with Crippen LogP contribution in [0.25, 0.3) is 5.57 Å². The highest BCUT2D eigenvalue weighted by atomic mass is 19.4. The summed E-state index contributed by atoms with van der Waals surface area (Å²) < 4.78 is 45.9. The smallest absolute Gasteiger partial charge is 0.419 e. The number of hydrogen-bond donors (Lipinski definition) is 0. The molecule has 0 saturated carbocycles. The summed E-state index contributed by atoms with van der Waals surface area (Å²) in [6, 6.07) is 13.5. The van der Waals surface area contributed by atoms with Gasteiger partial charge in [0.05, 0.1) is 5.56 Å². The van der Waals surface area contributed by atoms with Gasteiger partial charge in [0.2, 0.25) is 0 Å². The van der Waals surface area contributed by atoms with E-state index in [1.165, 1.54) is 17.7 Å². The summed E-state index contributed by atoms with van der Waals surface area (Å²) in [5.41, 5.74) is 2.41. The van der Waals surface area contributed by atoms with Gasteiger partial charge >= 0.3 is 6.18 Å². The SMILES string of the molecule is CCC(=O)c1ccc(OCC2=CC=C(c3ccccc3)CC2C)c(C(F)(F)F)c1. The molecule has 0 radical (unpaired) electrons. The number of ketones is 1. The van der Waals surface area contributed by atoms with Crippen molar-refractivity contribution in [1.82, 2.24) is 0 Å². The van der Waals surface area contributed by atoms with E-state index in [4.69, 9.17) is 4.74 Å². The van der Waals surface area contributed by atoms with E-state index in [1.54, 1.807) is 6.92 Å². The lowest BCUT2D eigenvalue weighted by atomic mass is 9.86. The monoisotopic (exact) mass is 400 g/mol. The minimum atomic E-state index is -4.59. The second-order valence-corrected chi connectivity index (χ2v) is 7.18. The van der Waals surface area contributed by atoms with Gasteiger partial charge in [-0.15, -0.1) is 0 Å². The van der Waals surface area contributed by atoms with Crippen LogP contribution in [-0.4, -0.2) is 12.4 Å². The Labute approximate surface area is 168 Å². The number of ether oxygens (including phenoxy) is 1. The second-order valence-electron chi connectivity index (χ2n) is 7.18. The number of alkyl halides is 3. The maximum Gasteiger partial charge on any atom is 0.419 e. The normalized spacial score (nSPS) is 16.8. The lowest BCUT2D eigenvalue weighted by Gasteiger charge is -2.23. The summed E-state index contributed by atoms with van der Waals surface area (Å²) in [5, 5.41) is 0. The van der Waals surface area contributed by atoms with Crippen LogP contribution in [0.4, 0.5) is 13.2 Å². The number of rotatable bonds is 6. The first-order valence-electron chi connectivity index (χ1n) is 9.62. The fraction of sp³-hybridized carbons (Fsp3) is 0.292. The van der Waals surface area contributed by atoms with Crippen molar-refractivity contribution in [2.75, 3.05) is 6.61 Å². The molecule has 0 aromatic heterocycles. The van der Waals surface area contributed by atoms with E-state index in [0.29, 0.717) is 0 Å². The fourth-order valence-electron chi connectivity index (χ4n) is 3.37. The van der Waals surface area contributed by atoms with Crippen molar-refractivity contribution in [1.29, 1.82) is 0 Å². The highest BCUT2D eigenvalue weighted by molar-refractivity contribution is 5.96. The molecule has 0 amide bonds. The molecule has 0 heterocycles. The lowest BCUT2D eigenvalue weighted by Crippen LogP contribution is -2.15. The third kappa shape index (κ3) is 4.97. The van der Waals surface area contributed by atoms with Crippen molar-refractivity contribution < 1.29 is 22.7 Å². The van der Waals surface area contributed by atoms with Crippen molar-refractivity contribution >= 4 is 11.4 Å². The molecule has 0 aliphatic heterocycles. The molecular weight excluding hydrogens is 377 g/mol. The average Bonchev–Trinajstić information content (AvgIpc) is 2.72. The average molecular weight is 400 g/mol. The maximum absolute atomic E-state index is 13.5. The fourth-order valence-corrected chi connectivity index (χ4v) is 3.37. The molecule has 0 bridgehead atoms. The largest absolute Gasteiger partial charge is 0.489 e. The molecule has 0 fully saturated rings.